The smallest absolute Gasteiger partial charge is 0.308 e. The molecule has 0 spiro atoms. The van der Waals surface area contributed by atoms with Crippen molar-refractivity contribution in [3.63, 3.8) is 0 Å². The van der Waals surface area contributed by atoms with Gasteiger partial charge in [0.05, 0.1) is 13.2 Å². The first-order valence-corrected chi connectivity index (χ1v) is 10.7. The molecule has 1 saturated carbocycles. The molecule has 1 fully saturated rings. The minimum atomic E-state index is -3.21. The summed E-state index contributed by atoms with van der Waals surface area (Å²) in [6, 6.07) is 14.7. The van der Waals surface area contributed by atoms with Crippen molar-refractivity contribution in [3.05, 3.63) is 48.0 Å². The van der Waals surface area contributed by atoms with Crippen LogP contribution in [0.15, 0.2) is 42.5 Å². The highest BCUT2D eigenvalue weighted by atomic mass is 31.2. The Kier molecular flexibility index (Phi) is 5.36. The maximum absolute atomic E-state index is 13.4. The van der Waals surface area contributed by atoms with Crippen LogP contribution in [0, 0.1) is 5.92 Å². The zero-order chi connectivity index (χ0) is 18.1. The molecule has 25 heavy (non-hydrogen) atoms. The molecule has 1 aliphatic rings. The van der Waals surface area contributed by atoms with Crippen molar-refractivity contribution in [3.8, 4) is 0 Å². The quantitative estimate of drug-likeness (QED) is 0.631. The van der Waals surface area contributed by atoms with Gasteiger partial charge < -0.3 is 9.05 Å². The van der Waals surface area contributed by atoms with Crippen molar-refractivity contribution in [2.75, 3.05) is 13.2 Å². The summed E-state index contributed by atoms with van der Waals surface area (Å²) in [6.45, 7) is 8.72. The van der Waals surface area contributed by atoms with Crippen molar-refractivity contribution < 1.29 is 13.6 Å². The van der Waals surface area contributed by atoms with Crippen LogP contribution in [0.1, 0.15) is 45.7 Å². The Hall–Kier alpha value is -1.19. The fourth-order valence-electron chi connectivity index (χ4n) is 3.76. The third-order valence-corrected chi connectivity index (χ3v) is 8.04. The Labute approximate surface area is 150 Å². The molecule has 4 nitrogen and oxygen atoms in total. The predicted molar refractivity (Wildman–Crippen MR) is 103 cm³/mol. The van der Waals surface area contributed by atoms with E-state index in [2.05, 4.69) is 55.6 Å². The molecule has 0 bridgehead atoms. The minimum absolute atomic E-state index is 0.0466. The van der Waals surface area contributed by atoms with Gasteiger partial charge in [-0.25, -0.2) is 0 Å². The number of hydrogen-bond acceptors (Lipinski definition) is 4. The molecule has 0 radical (unpaired) electrons. The third-order valence-electron chi connectivity index (χ3n) is 5.12. The second kappa shape index (κ2) is 7.20. The SMILES string of the molecule is CCOP(=O)(OCC)[C@]1(N[C@H](C)c2cccc3ccccc23)C[C@@H]1C. The molecule has 1 aliphatic carbocycles. The molecule has 5 heteroatoms. The highest BCUT2D eigenvalue weighted by Crippen LogP contribution is 2.72. The molecule has 0 saturated heterocycles. The van der Waals surface area contributed by atoms with Crippen LogP contribution in [0.25, 0.3) is 10.8 Å². The van der Waals surface area contributed by atoms with Crippen LogP contribution in [0.5, 0.6) is 0 Å². The van der Waals surface area contributed by atoms with E-state index in [9.17, 15) is 4.57 Å². The molecular formula is C20H28NO3P. The summed E-state index contributed by atoms with van der Waals surface area (Å²) >= 11 is 0. The summed E-state index contributed by atoms with van der Waals surface area (Å²) in [5.74, 6) is 0.258. The maximum Gasteiger partial charge on any atom is 0.350 e. The Balaban J connectivity index is 1.92. The normalized spacial score (nSPS) is 24.4. The lowest BCUT2D eigenvalue weighted by molar-refractivity contribution is 0.199. The first kappa shape index (κ1) is 18.6. The Morgan fingerprint density at radius 3 is 2.36 bits per heavy atom. The van der Waals surface area contributed by atoms with Crippen LogP contribution < -0.4 is 5.32 Å². The van der Waals surface area contributed by atoms with E-state index in [0.717, 1.165) is 6.42 Å². The van der Waals surface area contributed by atoms with Crippen molar-refractivity contribution in [2.45, 2.75) is 45.4 Å². The summed E-state index contributed by atoms with van der Waals surface area (Å²) in [4.78, 5) is 0. The largest absolute Gasteiger partial charge is 0.350 e. The minimum Gasteiger partial charge on any atom is -0.308 e. The van der Waals surface area contributed by atoms with E-state index in [1.165, 1.54) is 16.3 Å². The Morgan fingerprint density at radius 2 is 1.76 bits per heavy atom. The molecule has 136 valence electrons. The van der Waals surface area contributed by atoms with Crippen molar-refractivity contribution >= 4 is 18.4 Å². The van der Waals surface area contributed by atoms with Crippen LogP contribution in [-0.4, -0.2) is 18.5 Å². The van der Waals surface area contributed by atoms with Crippen LogP contribution in [0.4, 0.5) is 0 Å². The Bertz CT molecular complexity index is 778. The highest BCUT2D eigenvalue weighted by Gasteiger charge is 2.66. The monoisotopic (exact) mass is 361 g/mol. The lowest BCUT2D eigenvalue weighted by Gasteiger charge is -2.31. The number of benzene rings is 2. The lowest BCUT2D eigenvalue weighted by atomic mass is 9.99. The fourth-order valence-corrected chi connectivity index (χ4v) is 6.36. The number of hydrogen-bond donors (Lipinski definition) is 1. The van der Waals surface area contributed by atoms with E-state index in [1.54, 1.807) is 0 Å². The molecule has 3 rings (SSSR count). The van der Waals surface area contributed by atoms with Gasteiger partial charge in [-0.2, -0.15) is 0 Å². The molecule has 2 aromatic rings. The molecule has 2 aromatic carbocycles. The number of rotatable bonds is 8. The van der Waals surface area contributed by atoms with E-state index in [4.69, 9.17) is 9.05 Å². The zero-order valence-electron chi connectivity index (χ0n) is 15.5. The summed E-state index contributed by atoms with van der Waals surface area (Å²) in [5.41, 5.74) is 1.20. The fraction of sp³-hybridized carbons (Fsp3) is 0.500. The molecular weight excluding hydrogens is 333 g/mol. The molecule has 0 amide bonds. The van der Waals surface area contributed by atoms with Crippen molar-refractivity contribution in [2.24, 2.45) is 5.92 Å². The van der Waals surface area contributed by atoms with E-state index >= 15 is 0 Å². The van der Waals surface area contributed by atoms with Crippen molar-refractivity contribution in [1.82, 2.24) is 5.32 Å². The summed E-state index contributed by atoms with van der Waals surface area (Å²) in [7, 11) is -3.21. The number of fused-ring (bicyclic) bond motifs is 1. The average molecular weight is 361 g/mol. The van der Waals surface area contributed by atoms with Gasteiger partial charge in [0.15, 0.2) is 0 Å². The second-order valence-electron chi connectivity index (χ2n) is 6.80. The van der Waals surface area contributed by atoms with Gasteiger partial charge in [-0.3, -0.25) is 9.88 Å². The lowest BCUT2D eigenvalue weighted by Crippen LogP contribution is -2.36. The molecule has 0 aromatic heterocycles. The standard InChI is InChI=1S/C20H28NO3P/c1-5-23-25(22,24-6-2)20(14-15(20)3)21-16(4)18-13-9-11-17-10-7-8-12-19(17)18/h7-13,15-16,21H,5-6,14H2,1-4H3/t15-,16+,20+/m0/s1. The van der Waals surface area contributed by atoms with Gasteiger partial charge in [0.2, 0.25) is 0 Å². The van der Waals surface area contributed by atoms with E-state index in [-0.39, 0.29) is 12.0 Å². The molecule has 3 atom stereocenters. The summed E-state index contributed by atoms with van der Waals surface area (Å²) in [5, 5.41) is 5.47. The molecule has 0 heterocycles. The first-order valence-electron chi connectivity index (χ1n) is 9.12. The van der Waals surface area contributed by atoms with Gasteiger partial charge in [0, 0.05) is 6.04 Å². The maximum atomic E-state index is 13.4. The van der Waals surface area contributed by atoms with Gasteiger partial charge in [0.1, 0.15) is 5.28 Å². The van der Waals surface area contributed by atoms with Crippen molar-refractivity contribution in [1.29, 1.82) is 0 Å². The topological polar surface area (TPSA) is 47.6 Å². The Morgan fingerprint density at radius 1 is 1.16 bits per heavy atom. The van der Waals surface area contributed by atoms with E-state index in [0.29, 0.717) is 13.2 Å². The average Bonchev–Trinajstić information content (AvgIpc) is 3.26. The van der Waals surface area contributed by atoms with Gasteiger partial charge in [-0.05, 0) is 49.4 Å². The molecule has 0 unspecified atom stereocenters. The van der Waals surface area contributed by atoms with Crippen LogP contribution >= 0.6 is 7.60 Å². The zero-order valence-corrected chi connectivity index (χ0v) is 16.4. The first-order chi connectivity index (χ1) is 12.0. The van der Waals surface area contributed by atoms with Gasteiger partial charge in [-0.15, -0.1) is 0 Å². The van der Waals surface area contributed by atoms with Gasteiger partial charge >= 0.3 is 7.60 Å². The van der Waals surface area contributed by atoms with Gasteiger partial charge in [-0.1, -0.05) is 49.4 Å². The predicted octanol–water partition coefficient (Wildman–Crippen LogP) is 5.49. The second-order valence-corrected chi connectivity index (χ2v) is 9.11. The summed E-state index contributed by atoms with van der Waals surface area (Å²) < 4.78 is 24.8. The van der Waals surface area contributed by atoms with Crippen LogP contribution in [0.2, 0.25) is 0 Å². The molecule has 0 aliphatic heterocycles. The number of nitrogens with one attached hydrogen (secondary N) is 1. The van der Waals surface area contributed by atoms with E-state index < -0.39 is 12.9 Å². The summed E-state index contributed by atoms with van der Waals surface area (Å²) in [6.07, 6.45) is 0.805. The van der Waals surface area contributed by atoms with Crippen LogP contribution in [0.3, 0.4) is 0 Å². The highest BCUT2D eigenvalue weighted by molar-refractivity contribution is 7.56. The van der Waals surface area contributed by atoms with E-state index in [1.807, 2.05) is 19.9 Å². The third kappa shape index (κ3) is 3.29. The van der Waals surface area contributed by atoms with Gasteiger partial charge in [0.25, 0.3) is 0 Å². The van der Waals surface area contributed by atoms with Crippen LogP contribution in [-0.2, 0) is 13.6 Å². The molecule has 1 N–H and O–H groups in total.